The molecular formula is C19H25N3S2. The highest BCUT2D eigenvalue weighted by atomic mass is 32.2. The summed E-state index contributed by atoms with van der Waals surface area (Å²) < 4.78 is 0. The molecule has 2 aromatic carbocycles. The Morgan fingerprint density at radius 1 is 1.00 bits per heavy atom. The number of hydrogen-bond acceptors (Lipinski definition) is 3. The zero-order valence-corrected chi connectivity index (χ0v) is 16.1. The lowest BCUT2D eigenvalue weighted by atomic mass is 10.2. The fourth-order valence-electron chi connectivity index (χ4n) is 2.45. The number of rotatable bonds is 7. The molecule has 0 aliphatic carbocycles. The Hall–Kier alpha value is -1.72. The molecular weight excluding hydrogens is 334 g/mol. The van der Waals surface area contributed by atoms with Gasteiger partial charge in [0.15, 0.2) is 5.11 Å². The quantitative estimate of drug-likeness (QED) is 0.550. The van der Waals surface area contributed by atoms with Crippen molar-refractivity contribution in [3.05, 3.63) is 54.1 Å². The minimum absolute atomic E-state index is 0.638. The number of thioether (sulfide) groups is 1. The van der Waals surface area contributed by atoms with Crippen LogP contribution in [0.1, 0.15) is 19.4 Å². The third-order valence-electron chi connectivity index (χ3n) is 3.87. The molecule has 0 amide bonds. The average Bonchev–Trinajstić information content (AvgIpc) is 2.63. The minimum Gasteiger partial charge on any atom is -0.372 e. The number of nitrogens with one attached hydrogen (secondary N) is 2. The molecule has 0 saturated heterocycles. The first-order chi connectivity index (χ1) is 11.7. The number of hydrogen-bond donors (Lipinski definition) is 2. The van der Waals surface area contributed by atoms with E-state index in [2.05, 4.69) is 84.2 Å². The van der Waals surface area contributed by atoms with Crippen molar-refractivity contribution in [1.29, 1.82) is 0 Å². The molecule has 2 aromatic rings. The lowest BCUT2D eigenvalue weighted by Crippen LogP contribution is -2.28. The van der Waals surface area contributed by atoms with E-state index in [-0.39, 0.29) is 0 Å². The Morgan fingerprint density at radius 2 is 1.62 bits per heavy atom. The van der Waals surface area contributed by atoms with Gasteiger partial charge < -0.3 is 15.5 Å². The zero-order chi connectivity index (χ0) is 17.4. The van der Waals surface area contributed by atoms with Gasteiger partial charge in [0.1, 0.15) is 0 Å². The minimum atomic E-state index is 0.638. The Labute approximate surface area is 154 Å². The standard InChI is InChI=1S/C19H25N3S2/c1-4-22(5-2)17-10-8-16(9-11-17)21-19(23)20-14-15-6-12-18(24-3)13-7-15/h6-13H,4-5,14H2,1-3H3,(H2,20,21,23). The van der Waals surface area contributed by atoms with Crippen LogP contribution in [-0.2, 0) is 6.54 Å². The van der Waals surface area contributed by atoms with Crippen molar-refractivity contribution in [2.45, 2.75) is 25.3 Å². The van der Waals surface area contributed by atoms with E-state index in [1.54, 1.807) is 11.8 Å². The predicted molar refractivity (Wildman–Crippen MR) is 111 cm³/mol. The first kappa shape index (κ1) is 18.6. The Bertz CT molecular complexity index is 635. The van der Waals surface area contributed by atoms with Gasteiger partial charge in [0, 0.05) is 35.9 Å². The molecule has 0 fully saturated rings. The maximum Gasteiger partial charge on any atom is 0.171 e. The lowest BCUT2D eigenvalue weighted by Gasteiger charge is -2.21. The van der Waals surface area contributed by atoms with Gasteiger partial charge in [-0.1, -0.05) is 12.1 Å². The number of nitrogens with zero attached hydrogens (tertiary/aromatic N) is 1. The topological polar surface area (TPSA) is 27.3 Å². The summed E-state index contributed by atoms with van der Waals surface area (Å²) >= 11 is 7.13. The van der Waals surface area contributed by atoms with Crippen molar-refractivity contribution in [2.75, 3.05) is 29.6 Å². The number of anilines is 2. The highest BCUT2D eigenvalue weighted by Gasteiger charge is 2.03. The molecule has 0 atom stereocenters. The molecule has 3 nitrogen and oxygen atoms in total. The Kier molecular flexibility index (Phi) is 7.40. The highest BCUT2D eigenvalue weighted by molar-refractivity contribution is 7.98. The van der Waals surface area contributed by atoms with Crippen LogP contribution in [0.5, 0.6) is 0 Å². The number of benzene rings is 2. The normalized spacial score (nSPS) is 10.3. The van der Waals surface area contributed by atoms with Crippen LogP contribution >= 0.6 is 24.0 Å². The van der Waals surface area contributed by atoms with Crippen LogP contribution in [0.4, 0.5) is 11.4 Å². The van der Waals surface area contributed by atoms with E-state index in [9.17, 15) is 0 Å². The molecule has 0 aliphatic rings. The average molecular weight is 360 g/mol. The molecule has 5 heteroatoms. The summed E-state index contributed by atoms with van der Waals surface area (Å²) in [6, 6.07) is 16.9. The van der Waals surface area contributed by atoms with Crippen LogP contribution < -0.4 is 15.5 Å². The second kappa shape index (κ2) is 9.55. The summed E-state index contributed by atoms with van der Waals surface area (Å²) in [6.45, 7) is 7.08. The lowest BCUT2D eigenvalue weighted by molar-refractivity contribution is 0.866. The highest BCUT2D eigenvalue weighted by Crippen LogP contribution is 2.18. The van der Waals surface area contributed by atoms with Gasteiger partial charge in [-0.2, -0.15) is 0 Å². The van der Waals surface area contributed by atoms with Crippen LogP contribution in [0.15, 0.2) is 53.4 Å². The van der Waals surface area contributed by atoms with Crippen molar-refractivity contribution in [3.63, 3.8) is 0 Å². The predicted octanol–water partition coefficient (Wildman–Crippen LogP) is 4.74. The Morgan fingerprint density at radius 3 is 2.17 bits per heavy atom. The van der Waals surface area contributed by atoms with Gasteiger partial charge in [-0.25, -0.2) is 0 Å². The molecule has 24 heavy (non-hydrogen) atoms. The molecule has 0 unspecified atom stereocenters. The van der Waals surface area contributed by atoms with E-state index in [0.717, 1.165) is 25.3 Å². The van der Waals surface area contributed by atoms with E-state index in [4.69, 9.17) is 12.2 Å². The molecule has 128 valence electrons. The van der Waals surface area contributed by atoms with Crippen LogP contribution in [0, 0.1) is 0 Å². The van der Waals surface area contributed by atoms with Gasteiger partial charge in [-0.05, 0) is 74.3 Å². The van der Waals surface area contributed by atoms with Crippen molar-refractivity contribution < 1.29 is 0 Å². The summed E-state index contributed by atoms with van der Waals surface area (Å²) in [6.07, 6.45) is 2.08. The first-order valence-electron chi connectivity index (χ1n) is 8.19. The van der Waals surface area contributed by atoms with Crippen LogP contribution in [0.3, 0.4) is 0 Å². The first-order valence-corrected chi connectivity index (χ1v) is 9.82. The van der Waals surface area contributed by atoms with E-state index in [1.807, 2.05) is 0 Å². The van der Waals surface area contributed by atoms with Gasteiger partial charge >= 0.3 is 0 Å². The Balaban J connectivity index is 1.85. The zero-order valence-electron chi connectivity index (χ0n) is 14.5. The fraction of sp³-hybridized carbons (Fsp3) is 0.316. The third kappa shape index (κ3) is 5.42. The maximum atomic E-state index is 5.38. The molecule has 2 N–H and O–H groups in total. The van der Waals surface area contributed by atoms with Crippen molar-refractivity contribution in [3.8, 4) is 0 Å². The van der Waals surface area contributed by atoms with Crippen LogP contribution in [0.25, 0.3) is 0 Å². The summed E-state index contributed by atoms with van der Waals surface area (Å²) in [5.74, 6) is 0. The van der Waals surface area contributed by atoms with E-state index in [0.29, 0.717) is 5.11 Å². The molecule has 0 saturated carbocycles. The van der Waals surface area contributed by atoms with Crippen molar-refractivity contribution >= 4 is 40.5 Å². The largest absolute Gasteiger partial charge is 0.372 e. The second-order valence-corrected chi connectivity index (χ2v) is 6.66. The summed E-state index contributed by atoms with van der Waals surface area (Å²) in [4.78, 5) is 3.59. The summed E-state index contributed by atoms with van der Waals surface area (Å²) in [5, 5.41) is 7.12. The van der Waals surface area contributed by atoms with Gasteiger partial charge in [0.05, 0.1) is 0 Å². The van der Waals surface area contributed by atoms with E-state index in [1.165, 1.54) is 16.1 Å². The fourth-order valence-corrected chi connectivity index (χ4v) is 3.04. The smallest absolute Gasteiger partial charge is 0.171 e. The third-order valence-corrected chi connectivity index (χ3v) is 4.86. The molecule has 0 heterocycles. The SMILES string of the molecule is CCN(CC)c1ccc(NC(=S)NCc2ccc(SC)cc2)cc1. The molecule has 0 bridgehead atoms. The van der Waals surface area contributed by atoms with Crippen LogP contribution in [0.2, 0.25) is 0 Å². The van der Waals surface area contributed by atoms with Gasteiger partial charge in [0.2, 0.25) is 0 Å². The monoisotopic (exact) mass is 359 g/mol. The van der Waals surface area contributed by atoms with Gasteiger partial charge in [0.25, 0.3) is 0 Å². The molecule has 0 aromatic heterocycles. The van der Waals surface area contributed by atoms with Crippen LogP contribution in [-0.4, -0.2) is 24.5 Å². The number of thiocarbonyl (C=S) groups is 1. The summed E-state index contributed by atoms with van der Waals surface area (Å²) in [5.41, 5.74) is 3.45. The van der Waals surface area contributed by atoms with Crippen molar-refractivity contribution in [2.24, 2.45) is 0 Å². The van der Waals surface area contributed by atoms with Crippen molar-refractivity contribution in [1.82, 2.24) is 5.32 Å². The molecule has 0 spiro atoms. The molecule has 0 aliphatic heterocycles. The molecule has 2 rings (SSSR count). The molecule has 0 radical (unpaired) electrons. The van der Waals surface area contributed by atoms with E-state index < -0.39 is 0 Å². The van der Waals surface area contributed by atoms with E-state index >= 15 is 0 Å². The second-order valence-electron chi connectivity index (χ2n) is 5.37. The summed E-state index contributed by atoms with van der Waals surface area (Å²) in [7, 11) is 0. The van der Waals surface area contributed by atoms with Gasteiger partial charge in [-0.15, -0.1) is 11.8 Å². The maximum absolute atomic E-state index is 5.38. The van der Waals surface area contributed by atoms with Gasteiger partial charge in [-0.3, -0.25) is 0 Å².